The van der Waals surface area contributed by atoms with E-state index in [1.807, 2.05) is 30.3 Å². The van der Waals surface area contributed by atoms with Gasteiger partial charge in [-0.2, -0.15) is 0 Å². The molecule has 0 heterocycles. The number of ketones is 1. The zero-order valence-electron chi connectivity index (χ0n) is 13.3. The lowest BCUT2D eigenvalue weighted by Gasteiger charge is -2.08. The highest BCUT2D eigenvalue weighted by Gasteiger charge is 2.03. The zero-order chi connectivity index (χ0) is 16.5. The molecule has 0 saturated carbocycles. The predicted octanol–water partition coefficient (Wildman–Crippen LogP) is 3.05. The fraction of sp³-hybridized carbons (Fsp3) is 0.263. The zero-order valence-corrected chi connectivity index (χ0v) is 13.3. The van der Waals surface area contributed by atoms with Crippen molar-refractivity contribution in [3.63, 3.8) is 0 Å². The normalized spacial score (nSPS) is 10.1. The molecule has 0 aliphatic heterocycles. The van der Waals surface area contributed by atoms with Crippen LogP contribution in [0.25, 0.3) is 0 Å². The van der Waals surface area contributed by atoms with Crippen LogP contribution in [0.5, 0.6) is 0 Å². The van der Waals surface area contributed by atoms with E-state index < -0.39 is 0 Å². The summed E-state index contributed by atoms with van der Waals surface area (Å²) < 4.78 is 0. The van der Waals surface area contributed by atoms with Crippen molar-refractivity contribution >= 4 is 17.4 Å². The molecule has 2 rings (SSSR count). The number of benzene rings is 2. The maximum Gasteiger partial charge on any atom is 0.221 e. The molecule has 0 aliphatic rings. The Morgan fingerprint density at radius 3 is 2.48 bits per heavy atom. The lowest BCUT2D eigenvalue weighted by atomic mass is 10.1. The second kappa shape index (κ2) is 8.73. The molecule has 0 atom stereocenters. The maximum absolute atomic E-state index is 11.8. The van der Waals surface area contributed by atoms with Gasteiger partial charge in [-0.25, -0.2) is 0 Å². The molecule has 4 nitrogen and oxygen atoms in total. The van der Waals surface area contributed by atoms with Gasteiger partial charge in [0.1, 0.15) is 0 Å². The minimum atomic E-state index is 0.0242. The lowest BCUT2D eigenvalue weighted by molar-refractivity contribution is -0.120. The molecule has 4 heteroatoms. The molecule has 1 amide bonds. The van der Waals surface area contributed by atoms with E-state index >= 15 is 0 Å². The van der Waals surface area contributed by atoms with E-state index in [-0.39, 0.29) is 11.7 Å². The van der Waals surface area contributed by atoms with Crippen LogP contribution in [0, 0.1) is 0 Å². The van der Waals surface area contributed by atoms with Crippen LogP contribution in [-0.4, -0.2) is 24.8 Å². The SMILES string of the molecule is CC(=O)c1cccc(NCCC(=O)NCCc2ccccc2)c1. The Morgan fingerprint density at radius 1 is 0.957 bits per heavy atom. The van der Waals surface area contributed by atoms with Crippen molar-refractivity contribution in [2.75, 3.05) is 18.4 Å². The van der Waals surface area contributed by atoms with Crippen molar-refractivity contribution in [3.05, 3.63) is 65.7 Å². The molecule has 0 unspecified atom stereocenters. The van der Waals surface area contributed by atoms with Crippen LogP contribution in [0.4, 0.5) is 5.69 Å². The van der Waals surface area contributed by atoms with Crippen LogP contribution in [0.1, 0.15) is 29.3 Å². The average Bonchev–Trinajstić information content (AvgIpc) is 2.56. The van der Waals surface area contributed by atoms with Gasteiger partial charge in [-0.3, -0.25) is 9.59 Å². The molecular formula is C19H22N2O2. The van der Waals surface area contributed by atoms with Gasteiger partial charge in [0, 0.05) is 30.8 Å². The number of carbonyl (C=O) groups is 2. The first-order chi connectivity index (χ1) is 11.1. The lowest BCUT2D eigenvalue weighted by Crippen LogP contribution is -2.27. The second-order valence-electron chi connectivity index (χ2n) is 5.40. The highest BCUT2D eigenvalue weighted by molar-refractivity contribution is 5.94. The van der Waals surface area contributed by atoms with Gasteiger partial charge in [-0.1, -0.05) is 42.5 Å². The van der Waals surface area contributed by atoms with Crippen molar-refractivity contribution < 1.29 is 9.59 Å². The van der Waals surface area contributed by atoms with Crippen LogP contribution in [0.3, 0.4) is 0 Å². The summed E-state index contributed by atoms with van der Waals surface area (Å²) in [5.41, 5.74) is 2.74. The quantitative estimate of drug-likeness (QED) is 0.737. The second-order valence-corrected chi connectivity index (χ2v) is 5.40. The topological polar surface area (TPSA) is 58.2 Å². The fourth-order valence-electron chi connectivity index (χ4n) is 2.25. The number of carbonyl (C=O) groups excluding carboxylic acids is 2. The van der Waals surface area contributed by atoms with E-state index in [1.54, 1.807) is 19.1 Å². The number of rotatable bonds is 8. The summed E-state index contributed by atoms with van der Waals surface area (Å²) in [6.07, 6.45) is 1.24. The molecule has 2 aromatic rings. The highest BCUT2D eigenvalue weighted by atomic mass is 16.1. The summed E-state index contributed by atoms with van der Waals surface area (Å²) in [7, 11) is 0. The molecule has 120 valence electrons. The molecule has 2 N–H and O–H groups in total. The van der Waals surface area contributed by atoms with E-state index in [2.05, 4.69) is 22.8 Å². The Balaban J connectivity index is 1.66. The maximum atomic E-state index is 11.8. The number of hydrogen-bond acceptors (Lipinski definition) is 3. The Bertz CT molecular complexity index is 653. The van der Waals surface area contributed by atoms with Gasteiger partial charge in [0.2, 0.25) is 5.91 Å². The van der Waals surface area contributed by atoms with E-state index in [0.29, 0.717) is 25.1 Å². The molecular weight excluding hydrogens is 288 g/mol. The van der Waals surface area contributed by atoms with Crippen molar-refractivity contribution in [3.8, 4) is 0 Å². The van der Waals surface area contributed by atoms with Crippen molar-refractivity contribution in [2.45, 2.75) is 19.8 Å². The number of amides is 1. The first-order valence-electron chi connectivity index (χ1n) is 7.80. The standard InChI is InChI=1S/C19H22N2O2/c1-15(22)17-8-5-9-18(14-17)20-13-11-19(23)21-12-10-16-6-3-2-4-7-16/h2-9,14,20H,10-13H2,1H3,(H,21,23). The molecule has 0 spiro atoms. The minimum absolute atomic E-state index is 0.0242. The summed E-state index contributed by atoms with van der Waals surface area (Å²) in [4.78, 5) is 23.1. The van der Waals surface area contributed by atoms with Crippen molar-refractivity contribution in [1.29, 1.82) is 0 Å². The Labute approximate surface area is 136 Å². The monoisotopic (exact) mass is 310 g/mol. The number of hydrogen-bond donors (Lipinski definition) is 2. The van der Waals surface area contributed by atoms with Crippen molar-refractivity contribution in [2.24, 2.45) is 0 Å². The van der Waals surface area contributed by atoms with Gasteiger partial charge in [0.15, 0.2) is 5.78 Å². The first kappa shape index (κ1) is 16.7. The largest absolute Gasteiger partial charge is 0.385 e. The third kappa shape index (κ3) is 5.94. The van der Waals surface area contributed by atoms with Crippen LogP contribution in [0.15, 0.2) is 54.6 Å². The fourth-order valence-corrected chi connectivity index (χ4v) is 2.25. The molecule has 0 saturated heterocycles. The molecule has 0 aliphatic carbocycles. The summed E-state index contributed by atoms with van der Waals surface area (Å²) >= 11 is 0. The van der Waals surface area contributed by atoms with Crippen molar-refractivity contribution in [1.82, 2.24) is 5.32 Å². The third-order valence-corrected chi connectivity index (χ3v) is 3.53. The molecule has 2 aromatic carbocycles. The number of Topliss-reactive ketones (excluding diaryl/α,β-unsaturated/α-hetero) is 1. The van der Waals surface area contributed by atoms with E-state index in [0.717, 1.165) is 12.1 Å². The van der Waals surface area contributed by atoms with Gasteiger partial charge < -0.3 is 10.6 Å². The molecule has 0 bridgehead atoms. The van der Waals surface area contributed by atoms with Gasteiger partial charge in [0.05, 0.1) is 0 Å². The van der Waals surface area contributed by atoms with Crippen LogP contribution in [-0.2, 0) is 11.2 Å². The summed E-state index contributed by atoms with van der Waals surface area (Å²) in [5.74, 6) is 0.0588. The van der Waals surface area contributed by atoms with E-state index in [9.17, 15) is 9.59 Å². The Hall–Kier alpha value is -2.62. The Kier molecular flexibility index (Phi) is 6.36. The smallest absolute Gasteiger partial charge is 0.221 e. The van der Waals surface area contributed by atoms with Crippen LogP contribution >= 0.6 is 0 Å². The molecule has 0 radical (unpaired) electrons. The highest BCUT2D eigenvalue weighted by Crippen LogP contribution is 2.11. The van der Waals surface area contributed by atoms with Gasteiger partial charge in [0.25, 0.3) is 0 Å². The average molecular weight is 310 g/mol. The van der Waals surface area contributed by atoms with E-state index in [1.165, 1.54) is 5.56 Å². The molecule has 0 fully saturated rings. The minimum Gasteiger partial charge on any atom is -0.385 e. The summed E-state index contributed by atoms with van der Waals surface area (Å²) in [6.45, 7) is 2.72. The third-order valence-electron chi connectivity index (χ3n) is 3.53. The van der Waals surface area contributed by atoms with Gasteiger partial charge in [-0.05, 0) is 31.0 Å². The molecule has 0 aromatic heterocycles. The number of anilines is 1. The molecule has 23 heavy (non-hydrogen) atoms. The van der Waals surface area contributed by atoms with E-state index in [4.69, 9.17) is 0 Å². The number of nitrogens with one attached hydrogen (secondary N) is 2. The van der Waals surface area contributed by atoms with Crippen LogP contribution < -0.4 is 10.6 Å². The van der Waals surface area contributed by atoms with Gasteiger partial charge in [-0.15, -0.1) is 0 Å². The first-order valence-corrected chi connectivity index (χ1v) is 7.80. The summed E-state index contributed by atoms with van der Waals surface area (Å²) in [5, 5.41) is 6.08. The van der Waals surface area contributed by atoms with Gasteiger partial charge >= 0.3 is 0 Å². The van der Waals surface area contributed by atoms with Crippen LogP contribution in [0.2, 0.25) is 0 Å². The summed E-state index contributed by atoms with van der Waals surface area (Å²) in [6, 6.07) is 17.4. The Morgan fingerprint density at radius 2 is 1.74 bits per heavy atom. The predicted molar refractivity (Wildman–Crippen MR) is 92.7 cm³/mol.